The first-order chi connectivity index (χ1) is 13.9. The van der Waals surface area contributed by atoms with E-state index in [0.29, 0.717) is 0 Å². The third-order valence-corrected chi connectivity index (χ3v) is 5.00. The fourth-order valence-electron chi connectivity index (χ4n) is 2.65. The van der Waals surface area contributed by atoms with Gasteiger partial charge in [-0.3, -0.25) is 14.3 Å². The van der Waals surface area contributed by atoms with E-state index in [2.05, 4.69) is 15.0 Å². The SMILES string of the molecule is COC[C@@H](Cn1cnc2c(=O)[nH]c(N)nc21)OCP(=O)(O)OCc1ccccc1. The molecule has 4 N–H and O–H groups in total. The summed E-state index contributed by atoms with van der Waals surface area (Å²) in [5.41, 5.74) is 6.32. The Kier molecular flexibility index (Phi) is 6.78. The third kappa shape index (κ3) is 5.72. The number of H-pyrrole nitrogens is 1. The van der Waals surface area contributed by atoms with Crippen molar-refractivity contribution in [1.82, 2.24) is 19.5 Å². The summed E-state index contributed by atoms with van der Waals surface area (Å²) < 4.78 is 29.7. The third-order valence-electron chi connectivity index (χ3n) is 4.00. The number of nitrogen functional groups attached to an aromatic ring is 1. The average Bonchev–Trinajstić information content (AvgIpc) is 3.09. The van der Waals surface area contributed by atoms with Crippen LogP contribution >= 0.6 is 7.60 Å². The number of methoxy groups -OCH3 is 1. The van der Waals surface area contributed by atoms with Crippen molar-refractivity contribution in [2.75, 3.05) is 25.8 Å². The van der Waals surface area contributed by atoms with Crippen molar-refractivity contribution in [3.63, 3.8) is 0 Å². The van der Waals surface area contributed by atoms with Gasteiger partial charge < -0.3 is 29.2 Å². The summed E-state index contributed by atoms with van der Waals surface area (Å²) in [5.74, 6) is -0.0392. The van der Waals surface area contributed by atoms with Crippen molar-refractivity contribution in [3.8, 4) is 0 Å². The molecule has 0 bridgehead atoms. The van der Waals surface area contributed by atoms with Gasteiger partial charge in [-0.05, 0) is 5.56 Å². The van der Waals surface area contributed by atoms with Crippen LogP contribution in [0.4, 0.5) is 5.95 Å². The number of hydrogen-bond acceptors (Lipinski definition) is 8. The minimum absolute atomic E-state index is 0.00887. The lowest BCUT2D eigenvalue weighted by atomic mass is 10.2. The molecule has 0 saturated heterocycles. The van der Waals surface area contributed by atoms with Crippen molar-refractivity contribution >= 4 is 24.7 Å². The zero-order valence-corrected chi connectivity index (χ0v) is 16.6. The summed E-state index contributed by atoms with van der Waals surface area (Å²) in [4.78, 5) is 32.4. The number of aromatic nitrogens is 4. The topological polar surface area (TPSA) is 155 Å². The smallest absolute Gasteiger partial charge is 0.353 e. The van der Waals surface area contributed by atoms with E-state index in [9.17, 15) is 14.3 Å². The van der Waals surface area contributed by atoms with Gasteiger partial charge in [0.15, 0.2) is 11.2 Å². The van der Waals surface area contributed by atoms with Crippen LogP contribution in [0.15, 0.2) is 41.5 Å². The van der Waals surface area contributed by atoms with Gasteiger partial charge in [-0.15, -0.1) is 0 Å². The van der Waals surface area contributed by atoms with Crippen LogP contribution in [0.2, 0.25) is 0 Å². The first-order valence-corrected chi connectivity index (χ1v) is 10.5. The van der Waals surface area contributed by atoms with Gasteiger partial charge in [0.1, 0.15) is 6.35 Å². The van der Waals surface area contributed by atoms with Gasteiger partial charge in [-0.25, -0.2) is 4.98 Å². The molecule has 11 nitrogen and oxygen atoms in total. The first-order valence-electron chi connectivity index (χ1n) is 8.69. The number of nitrogens with two attached hydrogens (primary N) is 1. The van der Waals surface area contributed by atoms with E-state index in [4.69, 9.17) is 19.7 Å². The van der Waals surface area contributed by atoms with Crippen LogP contribution < -0.4 is 11.3 Å². The molecule has 1 aromatic carbocycles. The number of aromatic amines is 1. The van der Waals surface area contributed by atoms with E-state index < -0.39 is 25.6 Å². The fourth-order valence-corrected chi connectivity index (χ4v) is 3.47. The number of hydrogen-bond donors (Lipinski definition) is 3. The summed E-state index contributed by atoms with van der Waals surface area (Å²) in [7, 11) is -2.50. The fraction of sp³-hybridized carbons (Fsp3) is 0.353. The van der Waals surface area contributed by atoms with Crippen LogP contribution in [0.5, 0.6) is 0 Å². The molecule has 0 amide bonds. The van der Waals surface area contributed by atoms with Gasteiger partial charge in [0, 0.05) is 7.11 Å². The molecule has 1 unspecified atom stereocenters. The molecule has 12 heteroatoms. The Hall–Kier alpha value is -2.56. The second-order valence-electron chi connectivity index (χ2n) is 6.29. The number of nitrogens with zero attached hydrogens (tertiary/aromatic N) is 3. The number of anilines is 1. The molecule has 0 saturated carbocycles. The lowest BCUT2D eigenvalue weighted by Crippen LogP contribution is -2.26. The zero-order chi connectivity index (χ0) is 20.9. The van der Waals surface area contributed by atoms with Crippen molar-refractivity contribution < 1.29 is 23.5 Å². The molecule has 0 aliphatic heterocycles. The molecular weight excluding hydrogens is 401 g/mol. The molecule has 2 heterocycles. The van der Waals surface area contributed by atoms with Gasteiger partial charge in [-0.1, -0.05) is 30.3 Å². The van der Waals surface area contributed by atoms with Crippen LogP contribution in [0.25, 0.3) is 11.2 Å². The molecule has 2 aromatic heterocycles. The number of ether oxygens (including phenoxy) is 2. The van der Waals surface area contributed by atoms with Crippen molar-refractivity contribution in [2.24, 2.45) is 0 Å². The van der Waals surface area contributed by atoms with Crippen LogP contribution in [0.3, 0.4) is 0 Å². The maximum absolute atomic E-state index is 12.3. The van der Waals surface area contributed by atoms with Crippen LogP contribution in [0, 0.1) is 0 Å². The Morgan fingerprint density at radius 1 is 1.34 bits per heavy atom. The normalized spacial score (nSPS) is 14.7. The molecule has 0 spiro atoms. The summed E-state index contributed by atoms with van der Waals surface area (Å²) in [6, 6.07) is 9.05. The highest BCUT2D eigenvalue weighted by atomic mass is 31.2. The van der Waals surface area contributed by atoms with Gasteiger partial charge in [0.05, 0.1) is 32.2 Å². The molecule has 0 fully saturated rings. The Labute approximate surface area is 166 Å². The highest BCUT2D eigenvalue weighted by Crippen LogP contribution is 2.43. The molecule has 0 aliphatic carbocycles. The lowest BCUT2D eigenvalue weighted by Gasteiger charge is -2.20. The van der Waals surface area contributed by atoms with E-state index in [1.54, 1.807) is 16.7 Å². The Morgan fingerprint density at radius 2 is 2.10 bits per heavy atom. The predicted molar refractivity (Wildman–Crippen MR) is 105 cm³/mol. The second kappa shape index (κ2) is 9.29. The average molecular weight is 423 g/mol. The van der Waals surface area contributed by atoms with Crippen LogP contribution in [0.1, 0.15) is 5.56 Å². The molecule has 156 valence electrons. The molecule has 3 rings (SSSR count). The standard InChI is InChI=1S/C17H22N5O6P/c1-26-9-13(7-22-10-19-14-15(22)20-17(18)21-16(14)23)27-11-29(24,25)28-8-12-5-3-2-4-6-12/h2-6,10,13H,7-9,11H2,1H3,(H,24,25)(H3,18,20,21,23)/t13-/m1/s1. The van der Waals surface area contributed by atoms with Gasteiger partial charge in [0.2, 0.25) is 5.95 Å². The van der Waals surface area contributed by atoms with Gasteiger partial charge in [0.25, 0.3) is 5.56 Å². The van der Waals surface area contributed by atoms with E-state index in [1.807, 2.05) is 18.2 Å². The quantitative estimate of drug-likeness (QED) is 0.406. The maximum Gasteiger partial charge on any atom is 0.353 e. The van der Waals surface area contributed by atoms with Crippen molar-refractivity contribution in [3.05, 3.63) is 52.6 Å². The Morgan fingerprint density at radius 3 is 2.83 bits per heavy atom. The van der Waals surface area contributed by atoms with Crippen LogP contribution in [-0.4, -0.2) is 50.6 Å². The van der Waals surface area contributed by atoms with Gasteiger partial charge in [-0.2, -0.15) is 4.98 Å². The predicted octanol–water partition coefficient (Wildman–Crippen LogP) is 1.09. The van der Waals surface area contributed by atoms with E-state index >= 15 is 0 Å². The first kappa shape index (κ1) is 21.2. The number of imidazole rings is 1. The number of rotatable bonds is 10. The molecule has 29 heavy (non-hydrogen) atoms. The minimum atomic E-state index is -3.98. The van der Waals surface area contributed by atoms with Crippen LogP contribution in [-0.2, 0) is 31.7 Å². The highest BCUT2D eigenvalue weighted by molar-refractivity contribution is 7.52. The van der Waals surface area contributed by atoms with E-state index in [0.717, 1.165) is 5.56 Å². The zero-order valence-electron chi connectivity index (χ0n) is 15.7. The molecule has 2 atom stereocenters. The summed E-state index contributed by atoms with van der Waals surface area (Å²) in [5, 5.41) is 0. The molecule has 3 aromatic rings. The molecular formula is C17H22N5O6P. The molecule has 0 aliphatic rings. The number of benzene rings is 1. The highest BCUT2D eigenvalue weighted by Gasteiger charge is 2.23. The monoisotopic (exact) mass is 423 g/mol. The molecule has 0 radical (unpaired) electrons. The minimum Gasteiger partial charge on any atom is -0.382 e. The van der Waals surface area contributed by atoms with Gasteiger partial charge >= 0.3 is 7.60 Å². The second-order valence-corrected chi connectivity index (χ2v) is 8.08. The van der Waals surface area contributed by atoms with Crippen molar-refractivity contribution in [1.29, 1.82) is 0 Å². The van der Waals surface area contributed by atoms with Crippen molar-refractivity contribution in [2.45, 2.75) is 19.3 Å². The summed E-state index contributed by atoms with van der Waals surface area (Å²) in [6.45, 7) is 0.307. The number of nitrogens with one attached hydrogen (secondary N) is 1. The largest absolute Gasteiger partial charge is 0.382 e. The maximum atomic E-state index is 12.3. The number of fused-ring (bicyclic) bond motifs is 1. The lowest BCUT2D eigenvalue weighted by molar-refractivity contribution is 0.00222. The Balaban J connectivity index is 1.64. The van der Waals surface area contributed by atoms with E-state index in [-0.39, 0.29) is 36.9 Å². The summed E-state index contributed by atoms with van der Waals surface area (Å²) >= 11 is 0. The van der Waals surface area contributed by atoms with E-state index in [1.165, 1.54) is 13.4 Å². The summed E-state index contributed by atoms with van der Waals surface area (Å²) in [6.07, 6.45) is 0.292. The Bertz CT molecular complexity index is 1050.